The van der Waals surface area contributed by atoms with Gasteiger partial charge in [0.1, 0.15) is 0 Å². The summed E-state index contributed by atoms with van der Waals surface area (Å²) in [5.74, 6) is 0.738. The van der Waals surface area contributed by atoms with Gasteiger partial charge < -0.3 is 5.32 Å². The van der Waals surface area contributed by atoms with Crippen LogP contribution in [0.5, 0.6) is 0 Å². The molecule has 1 heterocycles. The first-order chi connectivity index (χ1) is 9.99. The summed E-state index contributed by atoms with van der Waals surface area (Å²) in [7, 11) is 0. The van der Waals surface area contributed by atoms with Crippen molar-refractivity contribution in [3.05, 3.63) is 0 Å². The average Bonchev–Trinajstić information content (AvgIpc) is 2.50. The van der Waals surface area contributed by atoms with Crippen LogP contribution in [0.25, 0.3) is 0 Å². The van der Waals surface area contributed by atoms with Crippen LogP contribution in [0, 0.1) is 5.92 Å². The molecule has 0 aromatic rings. The topological polar surface area (TPSA) is 15.3 Å². The van der Waals surface area contributed by atoms with Gasteiger partial charge in [0.2, 0.25) is 0 Å². The lowest BCUT2D eigenvalue weighted by atomic mass is 9.85. The van der Waals surface area contributed by atoms with Crippen molar-refractivity contribution in [3.8, 4) is 0 Å². The van der Waals surface area contributed by atoms with Crippen molar-refractivity contribution in [2.45, 2.75) is 104 Å². The first-order valence-corrected chi connectivity index (χ1v) is 9.50. The quantitative estimate of drug-likeness (QED) is 0.613. The lowest BCUT2D eigenvalue weighted by molar-refractivity contribution is 0.0188. The molecule has 1 aliphatic heterocycles. The average molecular weight is 297 g/mol. The predicted molar refractivity (Wildman–Crippen MR) is 94.9 cm³/mol. The minimum atomic E-state index is 0.350. The Morgan fingerprint density at radius 1 is 1.05 bits per heavy atom. The smallest absolute Gasteiger partial charge is 0.0304 e. The van der Waals surface area contributed by atoms with Crippen molar-refractivity contribution in [2.75, 3.05) is 13.1 Å². The van der Waals surface area contributed by atoms with E-state index in [-0.39, 0.29) is 0 Å². The number of unbranched alkanes of at least 4 members (excludes halogenated alkanes) is 3. The third-order valence-corrected chi connectivity index (χ3v) is 5.76. The molecule has 0 aromatic heterocycles. The van der Waals surface area contributed by atoms with Gasteiger partial charge in [0.05, 0.1) is 0 Å². The predicted octanol–water partition coefficient (Wildman–Crippen LogP) is 4.83. The van der Waals surface area contributed by atoms with E-state index in [1.807, 2.05) is 0 Å². The van der Waals surface area contributed by atoms with Gasteiger partial charge in [0.15, 0.2) is 0 Å². The Morgan fingerprint density at radius 2 is 1.71 bits per heavy atom. The minimum absolute atomic E-state index is 0.350. The van der Waals surface area contributed by atoms with Crippen molar-refractivity contribution < 1.29 is 0 Å². The summed E-state index contributed by atoms with van der Waals surface area (Å²) in [6.45, 7) is 16.6. The maximum atomic E-state index is 3.88. The molecule has 1 fully saturated rings. The van der Waals surface area contributed by atoms with Crippen molar-refractivity contribution in [1.29, 1.82) is 0 Å². The van der Waals surface area contributed by atoms with Crippen molar-refractivity contribution >= 4 is 0 Å². The number of hydrogen-bond acceptors (Lipinski definition) is 2. The molecule has 1 saturated heterocycles. The van der Waals surface area contributed by atoms with Gasteiger partial charge in [-0.05, 0) is 32.1 Å². The fourth-order valence-corrected chi connectivity index (χ4v) is 3.82. The molecule has 2 atom stereocenters. The Balaban J connectivity index is 2.66. The van der Waals surface area contributed by atoms with Gasteiger partial charge in [0, 0.05) is 30.7 Å². The van der Waals surface area contributed by atoms with Gasteiger partial charge in [-0.1, -0.05) is 60.3 Å². The van der Waals surface area contributed by atoms with Crippen LogP contribution in [0.2, 0.25) is 0 Å². The molecule has 0 spiro atoms. The SMILES string of the molecule is CCCCCCC(C)N1CC(CC)(CC)NCC1C(C)C. The summed E-state index contributed by atoms with van der Waals surface area (Å²) in [6.07, 6.45) is 9.40. The van der Waals surface area contributed by atoms with Crippen LogP contribution in [0.4, 0.5) is 0 Å². The second kappa shape index (κ2) is 9.15. The normalized spacial score (nSPS) is 24.4. The van der Waals surface area contributed by atoms with Crippen molar-refractivity contribution in [1.82, 2.24) is 10.2 Å². The maximum Gasteiger partial charge on any atom is 0.0304 e. The standard InChI is InChI=1S/C19H40N2/c1-7-10-11-12-13-17(6)21-15-19(8-2,9-3)20-14-18(21)16(4)5/h16-18,20H,7-15H2,1-6H3. The monoisotopic (exact) mass is 296 g/mol. The fourth-order valence-electron chi connectivity index (χ4n) is 3.82. The van der Waals surface area contributed by atoms with Crippen LogP contribution in [0.1, 0.15) is 86.5 Å². The molecule has 2 unspecified atom stereocenters. The van der Waals surface area contributed by atoms with E-state index >= 15 is 0 Å². The highest BCUT2D eigenvalue weighted by molar-refractivity contribution is 4.98. The summed E-state index contributed by atoms with van der Waals surface area (Å²) in [4.78, 5) is 2.83. The zero-order valence-electron chi connectivity index (χ0n) is 15.5. The zero-order valence-corrected chi connectivity index (χ0v) is 15.5. The molecule has 0 aromatic carbocycles. The number of nitrogens with one attached hydrogen (secondary N) is 1. The number of hydrogen-bond donors (Lipinski definition) is 1. The van der Waals surface area contributed by atoms with Crippen LogP contribution < -0.4 is 5.32 Å². The highest BCUT2D eigenvalue weighted by Crippen LogP contribution is 2.28. The summed E-state index contributed by atoms with van der Waals surface area (Å²) >= 11 is 0. The molecular formula is C19H40N2. The number of piperazine rings is 1. The van der Waals surface area contributed by atoms with E-state index in [0.29, 0.717) is 11.6 Å². The Hall–Kier alpha value is -0.0800. The highest BCUT2D eigenvalue weighted by atomic mass is 15.3. The summed E-state index contributed by atoms with van der Waals surface area (Å²) in [5, 5.41) is 3.88. The first kappa shape index (κ1) is 19.0. The van der Waals surface area contributed by atoms with E-state index in [4.69, 9.17) is 0 Å². The van der Waals surface area contributed by atoms with Gasteiger partial charge in [0.25, 0.3) is 0 Å². The van der Waals surface area contributed by atoms with E-state index in [0.717, 1.165) is 12.0 Å². The molecule has 1 aliphatic rings. The molecule has 126 valence electrons. The van der Waals surface area contributed by atoms with Gasteiger partial charge >= 0.3 is 0 Å². The Bertz CT molecular complexity index is 271. The summed E-state index contributed by atoms with van der Waals surface area (Å²) in [6, 6.07) is 1.44. The summed E-state index contributed by atoms with van der Waals surface area (Å²) < 4.78 is 0. The van der Waals surface area contributed by atoms with Gasteiger partial charge in [-0.2, -0.15) is 0 Å². The van der Waals surface area contributed by atoms with Crippen LogP contribution in [-0.4, -0.2) is 35.6 Å². The number of nitrogens with zero attached hydrogens (tertiary/aromatic N) is 1. The van der Waals surface area contributed by atoms with E-state index in [1.165, 1.54) is 58.0 Å². The van der Waals surface area contributed by atoms with Crippen molar-refractivity contribution in [3.63, 3.8) is 0 Å². The largest absolute Gasteiger partial charge is 0.308 e. The Morgan fingerprint density at radius 3 is 2.24 bits per heavy atom. The van der Waals surface area contributed by atoms with E-state index < -0.39 is 0 Å². The van der Waals surface area contributed by atoms with Gasteiger partial charge in [-0.3, -0.25) is 4.90 Å². The molecule has 2 heteroatoms. The Kier molecular flexibility index (Phi) is 8.26. The zero-order chi connectivity index (χ0) is 15.9. The van der Waals surface area contributed by atoms with Crippen LogP contribution in [0.3, 0.4) is 0 Å². The molecule has 1 N–H and O–H groups in total. The molecule has 0 saturated carbocycles. The molecule has 1 rings (SSSR count). The first-order valence-electron chi connectivity index (χ1n) is 9.50. The van der Waals surface area contributed by atoms with Gasteiger partial charge in [-0.15, -0.1) is 0 Å². The van der Waals surface area contributed by atoms with E-state index in [1.54, 1.807) is 0 Å². The molecule has 21 heavy (non-hydrogen) atoms. The lowest BCUT2D eigenvalue weighted by Gasteiger charge is -2.51. The molecular weight excluding hydrogens is 256 g/mol. The number of rotatable bonds is 9. The third kappa shape index (κ3) is 5.25. The van der Waals surface area contributed by atoms with Crippen LogP contribution in [0.15, 0.2) is 0 Å². The highest BCUT2D eigenvalue weighted by Gasteiger charge is 2.39. The molecule has 0 radical (unpaired) electrons. The third-order valence-electron chi connectivity index (χ3n) is 5.76. The molecule has 0 bridgehead atoms. The summed E-state index contributed by atoms with van der Waals surface area (Å²) in [5.41, 5.74) is 0.350. The Labute approximate surface area is 134 Å². The fraction of sp³-hybridized carbons (Fsp3) is 1.00. The second-order valence-electron chi connectivity index (χ2n) is 7.55. The minimum Gasteiger partial charge on any atom is -0.308 e. The van der Waals surface area contributed by atoms with Crippen LogP contribution >= 0.6 is 0 Å². The van der Waals surface area contributed by atoms with Gasteiger partial charge in [-0.25, -0.2) is 0 Å². The molecule has 2 nitrogen and oxygen atoms in total. The van der Waals surface area contributed by atoms with Crippen molar-refractivity contribution in [2.24, 2.45) is 5.92 Å². The van der Waals surface area contributed by atoms with E-state index in [2.05, 4.69) is 51.8 Å². The molecule has 0 aliphatic carbocycles. The lowest BCUT2D eigenvalue weighted by Crippen LogP contribution is -2.66. The second-order valence-corrected chi connectivity index (χ2v) is 7.55. The molecule has 0 amide bonds. The maximum absolute atomic E-state index is 3.88. The van der Waals surface area contributed by atoms with Crippen LogP contribution in [-0.2, 0) is 0 Å². The van der Waals surface area contributed by atoms with E-state index in [9.17, 15) is 0 Å².